The van der Waals surface area contributed by atoms with E-state index >= 15 is 0 Å². The second-order valence-electron chi connectivity index (χ2n) is 5.60. The zero-order valence-electron chi connectivity index (χ0n) is 13.7. The predicted octanol–water partition coefficient (Wildman–Crippen LogP) is 2.93. The van der Waals surface area contributed by atoms with Crippen molar-refractivity contribution in [2.75, 3.05) is 6.54 Å². The monoisotopic (exact) mass is 324 g/mol. The second kappa shape index (κ2) is 7.68. The van der Waals surface area contributed by atoms with Gasteiger partial charge in [0.2, 0.25) is 0 Å². The topological polar surface area (TPSA) is 80.9 Å². The average molecular weight is 324 g/mol. The Morgan fingerprint density at radius 1 is 1.25 bits per heavy atom. The molecule has 6 heteroatoms. The number of hydrogen-bond acceptors (Lipinski definition) is 5. The van der Waals surface area contributed by atoms with Gasteiger partial charge in [0, 0.05) is 43.5 Å². The number of nitrogens with one attached hydrogen (secondary N) is 1. The van der Waals surface area contributed by atoms with Crippen molar-refractivity contribution in [2.24, 2.45) is 0 Å². The smallest absolute Gasteiger partial charge is 0.251 e. The predicted molar refractivity (Wildman–Crippen MR) is 90.7 cm³/mol. The normalized spacial score (nSPS) is 10.9. The molecule has 3 aromatic rings. The Labute approximate surface area is 140 Å². The lowest BCUT2D eigenvalue weighted by molar-refractivity contribution is 0.0954. The first-order chi connectivity index (χ1) is 11.8. The van der Waals surface area contributed by atoms with Crippen LogP contribution in [-0.2, 0) is 12.8 Å². The number of nitrogens with zero attached hydrogens (tertiary/aromatic N) is 3. The molecule has 0 aliphatic heterocycles. The number of aryl methyl sites for hydroxylation is 1. The van der Waals surface area contributed by atoms with Crippen molar-refractivity contribution in [1.29, 1.82) is 0 Å². The molecule has 0 fully saturated rings. The highest BCUT2D eigenvalue weighted by molar-refractivity contribution is 5.97. The van der Waals surface area contributed by atoms with Crippen LogP contribution < -0.4 is 5.32 Å². The lowest BCUT2D eigenvalue weighted by Gasteiger charge is -2.04. The number of amides is 1. The molecule has 1 amide bonds. The van der Waals surface area contributed by atoms with Crippen molar-refractivity contribution < 1.29 is 9.21 Å². The number of oxazole rings is 1. The van der Waals surface area contributed by atoms with E-state index in [2.05, 4.69) is 27.2 Å². The van der Waals surface area contributed by atoms with Crippen molar-refractivity contribution in [1.82, 2.24) is 20.3 Å². The van der Waals surface area contributed by atoms with Gasteiger partial charge >= 0.3 is 0 Å². The molecular weight excluding hydrogens is 304 g/mol. The molecule has 0 aliphatic rings. The van der Waals surface area contributed by atoms with Crippen LogP contribution in [0.2, 0.25) is 0 Å². The maximum atomic E-state index is 12.3. The Bertz CT molecular complexity index is 814. The molecule has 0 spiro atoms. The molecule has 2 heterocycles. The molecule has 0 aliphatic carbocycles. The van der Waals surface area contributed by atoms with Crippen molar-refractivity contribution in [2.45, 2.75) is 32.6 Å². The first kappa shape index (κ1) is 16.1. The zero-order chi connectivity index (χ0) is 16.8. The van der Waals surface area contributed by atoms with Crippen LogP contribution in [0.3, 0.4) is 0 Å². The van der Waals surface area contributed by atoms with E-state index in [0.29, 0.717) is 18.5 Å². The van der Waals surface area contributed by atoms with Crippen molar-refractivity contribution in [3.05, 3.63) is 53.9 Å². The average Bonchev–Trinajstić information content (AvgIpc) is 3.02. The quantitative estimate of drug-likeness (QED) is 0.722. The lowest BCUT2D eigenvalue weighted by Crippen LogP contribution is -2.25. The van der Waals surface area contributed by atoms with Crippen molar-refractivity contribution in [3.8, 4) is 0 Å². The maximum Gasteiger partial charge on any atom is 0.251 e. The summed E-state index contributed by atoms with van der Waals surface area (Å²) >= 11 is 0. The number of rotatable bonds is 7. The minimum Gasteiger partial charge on any atom is -0.441 e. The van der Waals surface area contributed by atoms with Crippen LogP contribution in [0.25, 0.3) is 11.1 Å². The van der Waals surface area contributed by atoms with Crippen LogP contribution in [0.15, 0.2) is 41.2 Å². The van der Waals surface area contributed by atoms with Gasteiger partial charge in [-0.1, -0.05) is 13.3 Å². The molecule has 24 heavy (non-hydrogen) atoms. The summed E-state index contributed by atoms with van der Waals surface area (Å²) in [4.78, 5) is 24.9. The third-order valence-electron chi connectivity index (χ3n) is 3.72. The summed E-state index contributed by atoms with van der Waals surface area (Å²) in [7, 11) is 0. The van der Waals surface area contributed by atoms with Crippen molar-refractivity contribution >= 4 is 17.0 Å². The minimum atomic E-state index is -0.126. The van der Waals surface area contributed by atoms with Gasteiger partial charge in [0.05, 0.1) is 5.69 Å². The third-order valence-corrected chi connectivity index (χ3v) is 3.72. The van der Waals surface area contributed by atoms with Crippen LogP contribution in [-0.4, -0.2) is 27.4 Å². The van der Waals surface area contributed by atoms with E-state index in [1.165, 1.54) is 0 Å². The van der Waals surface area contributed by atoms with Crippen LogP contribution in [0.4, 0.5) is 0 Å². The van der Waals surface area contributed by atoms with E-state index in [-0.39, 0.29) is 5.91 Å². The van der Waals surface area contributed by atoms with Gasteiger partial charge in [-0.25, -0.2) is 4.98 Å². The molecule has 6 nitrogen and oxygen atoms in total. The van der Waals surface area contributed by atoms with Crippen LogP contribution in [0.1, 0.15) is 41.7 Å². The van der Waals surface area contributed by atoms with Gasteiger partial charge in [-0.05, 0) is 24.6 Å². The van der Waals surface area contributed by atoms with Crippen LogP contribution >= 0.6 is 0 Å². The summed E-state index contributed by atoms with van der Waals surface area (Å²) in [6.45, 7) is 2.64. The third kappa shape index (κ3) is 3.95. The zero-order valence-corrected chi connectivity index (χ0v) is 13.7. The molecule has 0 atom stereocenters. The summed E-state index contributed by atoms with van der Waals surface area (Å²) in [6, 6.07) is 5.33. The van der Waals surface area contributed by atoms with E-state index in [1.807, 2.05) is 0 Å². The number of unbranched alkanes of at least 4 members (excludes halogenated alkanes) is 1. The highest BCUT2D eigenvalue weighted by atomic mass is 16.3. The van der Waals surface area contributed by atoms with Gasteiger partial charge in [-0.15, -0.1) is 0 Å². The number of fused-ring (bicyclic) bond motifs is 1. The molecule has 3 rings (SSSR count). The molecule has 0 bridgehead atoms. The fourth-order valence-corrected chi connectivity index (χ4v) is 2.42. The molecule has 2 aromatic heterocycles. The Balaban J connectivity index is 1.61. The molecular formula is C18H20N4O2. The molecule has 0 unspecified atom stereocenters. The largest absolute Gasteiger partial charge is 0.441 e. The van der Waals surface area contributed by atoms with E-state index < -0.39 is 0 Å². The van der Waals surface area contributed by atoms with Gasteiger partial charge in [-0.3, -0.25) is 14.8 Å². The molecule has 1 N–H and O–H groups in total. The Kier molecular flexibility index (Phi) is 5.15. The summed E-state index contributed by atoms with van der Waals surface area (Å²) in [5.74, 6) is 0.603. The van der Waals surface area contributed by atoms with E-state index in [9.17, 15) is 4.79 Å². The van der Waals surface area contributed by atoms with Crippen LogP contribution in [0, 0.1) is 0 Å². The Morgan fingerprint density at radius 3 is 2.96 bits per heavy atom. The highest BCUT2D eigenvalue weighted by Crippen LogP contribution is 2.18. The van der Waals surface area contributed by atoms with Gasteiger partial charge in [0.15, 0.2) is 11.5 Å². The first-order valence-corrected chi connectivity index (χ1v) is 8.19. The van der Waals surface area contributed by atoms with Gasteiger partial charge in [-0.2, -0.15) is 0 Å². The number of aromatic nitrogens is 3. The van der Waals surface area contributed by atoms with Gasteiger partial charge in [0.1, 0.15) is 5.52 Å². The summed E-state index contributed by atoms with van der Waals surface area (Å²) < 4.78 is 5.69. The van der Waals surface area contributed by atoms with Gasteiger partial charge in [0.25, 0.3) is 5.91 Å². The van der Waals surface area contributed by atoms with Crippen molar-refractivity contribution in [3.63, 3.8) is 0 Å². The Hall–Kier alpha value is -2.76. The first-order valence-electron chi connectivity index (χ1n) is 8.19. The van der Waals surface area contributed by atoms with Gasteiger partial charge < -0.3 is 9.73 Å². The van der Waals surface area contributed by atoms with E-state index in [1.54, 1.807) is 36.8 Å². The number of carbonyl (C=O) groups is 1. The highest BCUT2D eigenvalue weighted by Gasteiger charge is 2.10. The number of carbonyl (C=O) groups excluding carboxylic acids is 1. The number of benzene rings is 1. The molecule has 1 aromatic carbocycles. The van der Waals surface area contributed by atoms with Crippen LogP contribution in [0.5, 0.6) is 0 Å². The Morgan fingerprint density at radius 2 is 2.17 bits per heavy atom. The van der Waals surface area contributed by atoms with E-state index in [4.69, 9.17) is 4.42 Å². The van der Waals surface area contributed by atoms with E-state index in [0.717, 1.165) is 41.9 Å². The second-order valence-corrected chi connectivity index (χ2v) is 5.60. The standard InChI is InChI=1S/C18H20N4O2/c1-2-3-4-17-22-15-11-13(5-6-16(15)24-17)18(23)21-8-7-14-12-19-9-10-20-14/h5-6,9-12H,2-4,7-8H2,1H3,(H,21,23). The summed E-state index contributed by atoms with van der Waals surface area (Å²) in [5, 5.41) is 2.89. The molecule has 124 valence electrons. The molecule has 0 saturated heterocycles. The molecule has 0 saturated carbocycles. The minimum absolute atomic E-state index is 0.126. The summed E-state index contributed by atoms with van der Waals surface area (Å²) in [5.41, 5.74) is 2.88. The fraction of sp³-hybridized carbons (Fsp3) is 0.333. The maximum absolute atomic E-state index is 12.3. The lowest BCUT2D eigenvalue weighted by atomic mass is 10.2. The SMILES string of the molecule is CCCCc1nc2cc(C(=O)NCCc3cnccn3)ccc2o1. The fourth-order valence-electron chi connectivity index (χ4n) is 2.42. The molecule has 0 radical (unpaired) electrons. The number of hydrogen-bond donors (Lipinski definition) is 1. The summed E-state index contributed by atoms with van der Waals surface area (Å²) in [6.07, 6.45) is 8.58.